The lowest BCUT2D eigenvalue weighted by Crippen LogP contribution is -2.09. The lowest BCUT2D eigenvalue weighted by molar-refractivity contribution is 0.0698. The molecule has 0 aromatic heterocycles. The highest BCUT2D eigenvalue weighted by atomic mass is 16.4. The number of hydrogen-bond donors (Lipinski definition) is 2. The molecule has 2 N–H and O–H groups in total. The molecule has 0 amide bonds. The summed E-state index contributed by atoms with van der Waals surface area (Å²) in [6.45, 7) is 1.97. The zero-order valence-electron chi connectivity index (χ0n) is 11.3. The number of aryl methyl sites for hydroxylation is 1. The van der Waals surface area contributed by atoms with E-state index in [1.807, 2.05) is 37.3 Å². The van der Waals surface area contributed by atoms with Gasteiger partial charge in [0, 0.05) is 17.6 Å². The highest BCUT2D eigenvalue weighted by Crippen LogP contribution is 2.43. The molecule has 0 heterocycles. The second-order valence-corrected chi connectivity index (χ2v) is 5.36. The van der Waals surface area contributed by atoms with Crippen LogP contribution in [-0.4, -0.2) is 17.1 Å². The Labute approximate surface area is 118 Å². The van der Waals surface area contributed by atoms with Crippen LogP contribution < -0.4 is 5.32 Å². The molecular weight excluding hydrogens is 250 g/mol. The molecule has 2 aromatic carbocycles. The fraction of sp³-hybridized carbons (Fsp3) is 0.235. The van der Waals surface area contributed by atoms with Crippen molar-refractivity contribution >= 4 is 11.7 Å². The van der Waals surface area contributed by atoms with E-state index >= 15 is 0 Å². The normalized spacial score (nSPS) is 20.4. The van der Waals surface area contributed by atoms with E-state index in [-0.39, 0.29) is 0 Å². The Kier molecular flexibility index (Phi) is 3.18. The minimum atomic E-state index is -0.885. The molecule has 2 unspecified atom stereocenters. The van der Waals surface area contributed by atoms with Crippen molar-refractivity contribution in [2.75, 3.05) is 5.32 Å². The Morgan fingerprint density at radius 2 is 1.95 bits per heavy atom. The SMILES string of the molecule is Cc1ccc(C(=O)O)c(NC2CC2c2ccccc2)c1. The molecule has 0 spiro atoms. The van der Waals surface area contributed by atoms with E-state index in [2.05, 4.69) is 17.4 Å². The largest absolute Gasteiger partial charge is 0.478 e. The molecule has 0 saturated heterocycles. The van der Waals surface area contributed by atoms with Gasteiger partial charge in [0.05, 0.1) is 5.56 Å². The number of carboxylic acids is 1. The molecule has 0 aliphatic heterocycles. The van der Waals surface area contributed by atoms with E-state index in [0.717, 1.165) is 17.7 Å². The number of aromatic carboxylic acids is 1. The summed E-state index contributed by atoms with van der Waals surface area (Å²) in [6.07, 6.45) is 1.05. The number of benzene rings is 2. The first-order valence-corrected chi connectivity index (χ1v) is 6.80. The lowest BCUT2D eigenvalue weighted by Gasteiger charge is -2.10. The number of nitrogens with one attached hydrogen (secondary N) is 1. The van der Waals surface area contributed by atoms with E-state index < -0.39 is 5.97 Å². The van der Waals surface area contributed by atoms with Crippen molar-refractivity contribution in [3.8, 4) is 0 Å². The fourth-order valence-corrected chi connectivity index (χ4v) is 2.59. The van der Waals surface area contributed by atoms with Gasteiger partial charge in [0.1, 0.15) is 0 Å². The number of hydrogen-bond acceptors (Lipinski definition) is 2. The predicted molar refractivity (Wildman–Crippen MR) is 79.3 cm³/mol. The molecule has 1 fully saturated rings. The molecular formula is C17H17NO2. The van der Waals surface area contributed by atoms with Crippen molar-refractivity contribution in [2.24, 2.45) is 0 Å². The van der Waals surface area contributed by atoms with Gasteiger partial charge in [-0.2, -0.15) is 0 Å². The van der Waals surface area contributed by atoms with Crippen LogP contribution in [0.1, 0.15) is 33.8 Å². The number of carbonyl (C=O) groups is 1. The van der Waals surface area contributed by atoms with Gasteiger partial charge in [0.15, 0.2) is 0 Å². The molecule has 3 rings (SSSR count). The number of carboxylic acid groups (broad SMARTS) is 1. The Morgan fingerprint density at radius 3 is 2.65 bits per heavy atom. The molecule has 102 valence electrons. The molecule has 1 aliphatic carbocycles. The van der Waals surface area contributed by atoms with Gasteiger partial charge < -0.3 is 10.4 Å². The Morgan fingerprint density at radius 1 is 1.20 bits per heavy atom. The van der Waals surface area contributed by atoms with Gasteiger partial charge >= 0.3 is 5.97 Å². The van der Waals surface area contributed by atoms with Gasteiger partial charge in [-0.25, -0.2) is 4.79 Å². The summed E-state index contributed by atoms with van der Waals surface area (Å²) in [5.74, 6) is -0.400. The van der Waals surface area contributed by atoms with Crippen LogP contribution in [0.25, 0.3) is 0 Å². The summed E-state index contributed by atoms with van der Waals surface area (Å²) in [4.78, 5) is 11.2. The third kappa shape index (κ3) is 2.52. The average molecular weight is 267 g/mol. The predicted octanol–water partition coefficient (Wildman–Crippen LogP) is 3.66. The van der Waals surface area contributed by atoms with Gasteiger partial charge in [-0.05, 0) is 36.6 Å². The highest BCUT2D eigenvalue weighted by Gasteiger charge is 2.38. The average Bonchev–Trinajstić information content (AvgIpc) is 3.19. The minimum Gasteiger partial charge on any atom is -0.478 e. The van der Waals surface area contributed by atoms with Crippen molar-refractivity contribution in [1.29, 1.82) is 0 Å². The van der Waals surface area contributed by atoms with E-state index in [1.165, 1.54) is 5.56 Å². The molecule has 1 saturated carbocycles. The monoisotopic (exact) mass is 267 g/mol. The minimum absolute atomic E-state index is 0.331. The van der Waals surface area contributed by atoms with Crippen LogP contribution in [-0.2, 0) is 0 Å². The molecule has 2 atom stereocenters. The summed E-state index contributed by atoms with van der Waals surface area (Å²) in [5, 5.41) is 12.6. The first-order chi connectivity index (χ1) is 9.65. The van der Waals surface area contributed by atoms with Crippen LogP contribution in [0.2, 0.25) is 0 Å². The van der Waals surface area contributed by atoms with Crippen LogP contribution in [0, 0.1) is 6.92 Å². The van der Waals surface area contributed by atoms with Crippen molar-refractivity contribution in [3.63, 3.8) is 0 Å². The zero-order chi connectivity index (χ0) is 14.1. The van der Waals surface area contributed by atoms with Gasteiger partial charge in [-0.3, -0.25) is 0 Å². The molecule has 20 heavy (non-hydrogen) atoms. The van der Waals surface area contributed by atoms with Crippen molar-refractivity contribution < 1.29 is 9.90 Å². The molecule has 3 heteroatoms. The molecule has 0 bridgehead atoms. The topological polar surface area (TPSA) is 49.3 Å². The number of anilines is 1. The first kappa shape index (κ1) is 12.7. The van der Waals surface area contributed by atoms with Crippen LogP contribution >= 0.6 is 0 Å². The smallest absolute Gasteiger partial charge is 0.337 e. The van der Waals surface area contributed by atoms with Crippen LogP contribution in [0.5, 0.6) is 0 Å². The summed E-state index contributed by atoms with van der Waals surface area (Å²) < 4.78 is 0. The Bertz CT molecular complexity index is 637. The quantitative estimate of drug-likeness (QED) is 0.888. The maximum absolute atomic E-state index is 11.2. The van der Waals surface area contributed by atoms with E-state index in [1.54, 1.807) is 6.07 Å². The van der Waals surface area contributed by atoms with Crippen LogP contribution in [0.3, 0.4) is 0 Å². The van der Waals surface area contributed by atoms with E-state index in [9.17, 15) is 9.90 Å². The van der Waals surface area contributed by atoms with Crippen molar-refractivity contribution in [3.05, 3.63) is 65.2 Å². The Hall–Kier alpha value is -2.29. The molecule has 0 radical (unpaired) electrons. The van der Waals surface area contributed by atoms with Gasteiger partial charge in [-0.1, -0.05) is 36.4 Å². The Balaban J connectivity index is 1.77. The van der Waals surface area contributed by atoms with Crippen LogP contribution in [0.4, 0.5) is 5.69 Å². The van der Waals surface area contributed by atoms with Gasteiger partial charge in [0.25, 0.3) is 0 Å². The lowest BCUT2D eigenvalue weighted by atomic mass is 10.1. The summed E-state index contributed by atoms with van der Waals surface area (Å²) in [5.41, 5.74) is 3.44. The maximum atomic E-state index is 11.2. The van der Waals surface area contributed by atoms with E-state index in [4.69, 9.17) is 0 Å². The van der Waals surface area contributed by atoms with Gasteiger partial charge in [0.2, 0.25) is 0 Å². The summed E-state index contributed by atoms with van der Waals surface area (Å²) in [7, 11) is 0. The number of rotatable bonds is 4. The second kappa shape index (κ2) is 5.00. The van der Waals surface area contributed by atoms with Crippen molar-refractivity contribution in [2.45, 2.75) is 25.3 Å². The van der Waals surface area contributed by atoms with Crippen molar-refractivity contribution in [1.82, 2.24) is 0 Å². The zero-order valence-corrected chi connectivity index (χ0v) is 11.3. The fourth-order valence-electron chi connectivity index (χ4n) is 2.59. The third-order valence-corrected chi connectivity index (χ3v) is 3.76. The van der Waals surface area contributed by atoms with E-state index in [0.29, 0.717) is 17.5 Å². The molecule has 3 nitrogen and oxygen atoms in total. The van der Waals surface area contributed by atoms with Crippen LogP contribution in [0.15, 0.2) is 48.5 Å². The maximum Gasteiger partial charge on any atom is 0.337 e. The third-order valence-electron chi connectivity index (χ3n) is 3.76. The standard InChI is InChI=1S/C17H17NO2/c1-11-7-8-13(17(19)20)15(9-11)18-16-10-14(16)12-5-3-2-4-6-12/h2-9,14,16,18H,10H2,1H3,(H,19,20). The summed E-state index contributed by atoms with van der Waals surface area (Å²) >= 11 is 0. The van der Waals surface area contributed by atoms with Gasteiger partial charge in [-0.15, -0.1) is 0 Å². The molecule has 1 aliphatic rings. The summed E-state index contributed by atoms with van der Waals surface area (Å²) in [6, 6.07) is 16.1. The highest BCUT2D eigenvalue weighted by molar-refractivity contribution is 5.94. The first-order valence-electron chi connectivity index (χ1n) is 6.80. The second-order valence-electron chi connectivity index (χ2n) is 5.36. The molecule has 2 aromatic rings.